The Kier molecular flexibility index (Phi) is 158. The van der Waals surface area contributed by atoms with Gasteiger partial charge in [-0.1, -0.05) is 0 Å². The predicted octanol–water partition coefficient (Wildman–Crippen LogP) is -5.07. The fourth-order valence-corrected chi connectivity index (χ4v) is 0. The fraction of sp³-hybridized carbons (Fsp3) is 0. The minimum absolute atomic E-state index is 0. The average molecular weight is 221 g/mol. The quantitative estimate of drug-likeness (QED) is 0.377. The SMILES string of the molecule is O=B[O-].O=B[O-].O=B[O-].[Nb+3]. The summed E-state index contributed by atoms with van der Waals surface area (Å²) in [5, 5.41) is 24.8. The molecule has 0 heterocycles. The van der Waals surface area contributed by atoms with Gasteiger partial charge in [-0.2, -0.15) is 0 Å². The van der Waals surface area contributed by atoms with E-state index in [2.05, 4.69) is 0 Å². The molecule has 0 aliphatic heterocycles. The van der Waals surface area contributed by atoms with Crippen molar-refractivity contribution in [1.29, 1.82) is 0 Å². The van der Waals surface area contributed by atoms with Crippen LogP contribution >= 0.6 is 0 Å². The van der Waals surface area contributed by atoms with Crippen molar-refractivity contribution in [2.45, 2.75) is 0 Å². The number of hydrogen-bond donors (Lipinski definition) is 0. The molecule has 0 spiro atoms. The molecule has 0 aromatic carbocycles. The molecule has 10 heavy (non-hydrogen) atoms. The van der Waals surface area contributed by atoms with Gasteiger partial charge in [-0.3, -0.25) is 0 Å². The zero-order valence-electron chi connectivity index (χ0n) is 4.63. The van der Waals surface area contributed by atoms with Gasteiger partial charge in [-0.15, -0.1) is 0 Å². The maximum Gasteiger partial charge on any atom is 3.00 e. The van der Waals surface area contributed by atoms with Gasteiger partial charge in [0, 0.05) is 0 Å². The van der Waals surface area contributed by atoms with Crippen LogP contribution in [0.3, 0.4) is 0 Å². The van der Waals surface area contributed by atoms with Gasteiger partial charge in [-0.25, -0.2) is 0 Å². The van der Waals surface area contributed by atoms with E-state index in [1.54, 1.807) is 0 Å². The van der Waals surface area contributed by atoms with Crippen LogP contribution in [0.5, 0.6) is 0 Å². The Morgan fingerprint density at radius 1 is 0.700 bits per heavy atom. The van der Waals surface area contributed by atoms with Crippen LogP contribution in [0.1, 0.15) is 0 Å². The fourth-order valence-electron chi connectivity index (χ4n) is 0. The summed E-state index contributed by atoms with van der Waals surface area (Å²) >= 11 is 0. The van der Waals surface area contributed by atoms with Crippen LogP contribution in [0.15, 0.2) is 0 Å². The van der Waals surface area contributed by atoms with E-state index >= 15 is 0 Å². The summed E-state index contributed by atoms with van der Waals surface area (Å²) in [7, 11) is -1.50. The van der Waals surface area contributed by atoms with Crippen LogP contribution in [0.4, 0.5) is 0 Å². The van der Waals surface area contributed by atoms with E-state index in [0.717, 1.165) is 0 Å². The zero-order valence-corrected chi connectivity index (χ0v) is 6.83. The molecule has 10 heteroatoms. The molecule has 0 aliphatic rings. The van der Waals surface area contributed by atoms with Crippen LogP contribution in [-0.2, 0) is 36.5 Å². The topological polar surface area (TPSA) is 120 Å². The van der Waals surface area contributed by atoms with Crippen molar-refractivity contribution in [3.8, 4) is 0 Å². The van der Waals surface area contributed by atoms with Gasteiger partial charge in [0.15, 0.2) is 0 Å². The molecule has 0 rings (SSSR count). The van der Waals surface area contributed by atoms with E-state index < -0.39 is 22.1 Å². The Morgan fingerprint density at radius 2 is 0.700 bits per heavy atom. The van der Waals surface area contributed by atoms with E-state index in [1.807, 2.05) is 0 Å². The summed E-state index contributed by atoms with van der Waals surface area (Å²) in [4.78, 5) is 0. The van der Waals surface area contributed by atoms with E-state index in [4.69, 9.17) is 29.2 Å². The molecule has 0 fully saturated rings. The molecule has 50 valence electrons. The smallest absolute Gasteiger partial charge is 3.00 e. The first kappa shape index (κ1) is 22.6. The molecule has 0 radical (unpaired) electrons. The molecule has 0 aromatic rings. The molecule has 0 amide bonds. The van der Waals surface area contributed by atoms with Gasteiger partial charge in [0.25, 0.3) is 0 Å². The Bertz CT molecular complexity index is 49.7. The van der Waals surface area contributed by atoms with Crippen LogP contribution in [0, 0.1) is 0 Å². The van der Waals surface area contributed by atoms with E-state index in [-0.39, 0.29) is 22.4 Å². The molecule has 6 nitrogen and oxygen atoms in total. The van der Waals surface area contributed by atoms with Crippen molar-refractivity contribution in [1.82, 2.24) is 0 Å². The van der Waals surface area contributed by atoms with Gasteiger partial charge in [0.2, 0.25) is 0 Å². The maximum atomic E-state index is 8.25. The first-order valence-corrected chi connectivity index (χ1v) is 1.41. The van der Waals surface area contributed by atoms with E-state index in [1.165, 1.54) is 0 Å². The van der Waals surface area contributed by atoms with Crippen molar-refractivity contribution in [3.05, 3.63) is 0 Å². The van der Waals surface area contributed by atoms with Crippen molar-refractivity contribution in [3.63, 3.8) is 0 Å². The van der Waals surface area contributed by atoms with Gasteiger partial charge < -0.3 is 0 Å². The van der Waals surface area contributed by atoms with E-state index in [0.29, 0.717) is 0 Å². The summed E-state index contributed by atoms with van der Waals surface area (Å²) < 4.78 is 24.8. The van der Waals surface area contributed by atoms with E-state index in [9.17, 15) is 0 Å². The van der Waals surface area contributed by atoms with Gasteiger partial charge in [0.1, 0.15) is 0 Å². The van der Waals surface area contributed by atoms with Crippen molar-refractivity contribution in [2.24, 2.45) is 0 Å². The third-order valence-corrected chi connectivity index (χ3v) is 0. The second kappa shape index (κ2) is 69.9. The number of rotatable bonds is 0. The molecule has 0 bridgehead atoms. The summed E-state index contributed by atoms with van der Waals surface area (Å²) in [5.41, 5.74) is 0. The molecule has 0 N–H and O–H groups in total. The van der Waals surface area contributed by atoms with Gasteiger partial charge in [0.05, 0.1) is 0 Å². The second-order valence-electron chi connectivity index (χ2n) is 0.289. The largest absolute Gasteiger partial charge is 3.00 e. The number of hydrogen-bond acceptors (Lipinski definition) is 6. The first-order chi connectivity index (χ1) is 4.24. The summed E-state index contributed by atoms with van der Waals surface area (Å²) in [6.45, 7) is 0. The minimum atomic E-state index is -0.500. The molecule has 0 saturated heterocycles. The zero-order chi connectivity index (χ0) is 8.12. The van der Waals surface area contributed by atoms with Gasteiger partial charge in [-0.05, 0) is 0 Å². The van der Waals surface area contributed by atoms with Crippen LogP contribution in [0.25, 0.3) is 0 Å². The molecule has 0 unspecified atom stereocenters. The Labute approximate surface area is 74.0 Å². The third kappa shape index (κ3) is 5000. The second-order valence-corrected chi connectivity index (χ2v) is 0.289. The third-order valence-electron chi connectivity index (χ3n) is 0. The normalized spacial score (nSPS) is 2.40. The van der Waals surface area contributed by atoms with Gasteiger partial charge >= 0.3 is 73.6 Å². The molecular weight excluding hydrogens is 221 g/mol. The van der Waals surface area contributed by atoms with Crippen molar-refractivity contribution < 1.29 is 51.6 Å². The average Bonchev–Trinajstić information content (AvgIpc) is 1.70. The van der Waals surface area contributed by atoms with Crippen LogP contribution < -0.4 is 15.1 Å². The Morgan fingerprint density at radius 3 is 0.700 bits per heavy atom. The van der Waals surface area contributed by atoms with Crippen LogP contribution in [0.2, 0.25) is 0 Å². The minimum Gasteiger partial charge on any atom is 3.00 e. The predicted molar refractivity (Wildman–Crippen MR) is 19.3 cm³/mol. The monoisotopic (exact) mass is 222 g/mol. The Hall–Kier alpha value is -0.265. The van der Waals surface area contributed by atoms with Crippen molar-refractivity contribution in [2.75, 3.05) is 0 Å². The molecule has 0 aliphatic carbocycles. The molecular formula is B3NbO6. The molecule has 0 atom stereocenters. The summed E-state index contributed by atoms with van der Waals surface area (Å²) in [6.07, 6.45) is 0. The Balaban J connectivity index is -0.0000000257. The van der Waals surface area contributed by atoms with Crippen LogP contribution in [-0.4, -0.2) is 22.1 Å². The summed E-state index contributed by atoms with van der Waals surface area (Å²) in [5.74, 6) is 0. The maximum absolute atomic E-state index is 8.25. The first-order valence-electron chi connectivity index (χ1n) is 1.41. The summed E-state index contributed by atoms with van der Waals surface area (Å²) in [6, 6.07) is 0. The van der Waals surface area contributed by atoms with Crippen molar-refractivity contribution >= 4 is 22.1 Å². The molecule has 0 aromatic heterocycles. The standard InChI is InChI=1S/3BO2.Nb/c3*2-1-3;/q3*-1;+3. The molecule has 0 saturated carbocycles.